The summed E-state index contributed by atoms with van der Waals surface area (Å²) in [5, 5.41) is 11.3. The predicted molar refractivity (Wildman–Crippen MR) is 80.1 cm³/mol. The molecule has 0 spiro atoms. The predicted octanol–water partition coefficient (Wildman–Crippen LogP) is 2.63. The van der Waals surface area contributed by atoms with Crippen molar-refractivity contribution in [3.05, 3.63) is 48.0 Å². The zero-order valence-corrected chi connectivity index (χ0v) is 11.8. The molecule has 108 valence electrons. The minimum Gasteiger partial charge on any atom is -0.481 e. The molecule has 2 atom stereocenters. The third-order valence-corrected chi connectivity index (χ3v) is 4.21. The average Bonchev–Trinajstić information content (AvgIpc) is 2.88. The van der Waals surface area contributed by atoms with Crippen molar-refractivity contribution in [2.24, 2.45) is 11.8 Å². The molecule has 0 bridgehead atoms. The summed E-state index contributed by atoms with van der Waals surface area (Å²) >= 11 is 0. The number of benzene rings is 2. The van der Waals surface area contributed by atoms with Crippen LogP contribution in [0.4, 0.5) is 0 Å². The molecule has 1 heterocycles. The van der Waals surface area contributed by atoms with Crippen LogP contribution in [0.1, 0.15) is 17.3 Å². The van der Waals surface area contributed by atoms with E-state index in [-0.39, 0.29) is 11.8 Å². The van der Waals surface area contributed by atoms with E-state index in [1.807, 2.05) is 49.4 Å². The maximum atomic E-state index is 12.5. The number of amides is 1. The second-order valence-corrected chi connectivity index (χ2v) is 5.69. The van der Waals surface area contributed by atoms with Gasteiger partial charge in [0.1, 0.15) is 0 Å². The fraction of sp³-hybridized carbons (Fsp3) is 0.294. The molecular weight excluding hydrogens is 266 g/mol. The van der Waals surface area contributed by atoms with Crippen molar-refractivity contribution in [2.45, 2.75) is 6.92 Å². The number of hydrogen-bond donors (Lipinski definition) is 1. The minimum absolute atomic E-state index is 0.00749. The molecule has 1 fully saturated rings. The molecule has 1 aliphatic heterocycles. The van der Waals surface area contributed by atoms with Gasteiger partial charge in [0, 0.05) is 18.7 Å². The first kappa shape index (κ1) is 13.6. The highest BCUT2D eigenvalue weighted by Gasteiger charge is 2.37. The Labute approximate surface area is 123 Å². The second-order valence-electron chi connectivity index (χ2n) is 5.69. The van der Waals surface area contributed by atoms with Gasteiger partial charge in [0.05, 0.1) is 5.92 Å². The summed E-state index contributed by atoms with van der Waals surface area (Å²) in [4.78, 5) is 25.3. The normalized spacial score (nSPS) is 21.7. The quantitative estimate of drug-likeness (QED) is 0.921. The van der Waals surface area contributed by atoms with Crippen molar-refractivity contribution in [2.75, 3.05) is 13.1 Å². The number of carboxylic acid groups (broad SMARTS) is 1. The number of fused-ring (bicyclic) bond motifs is 1. The van der Waals surface area contributed by atoms with Gasteiger partial charge in [0.15, 0.2) is 0 Å². The molecule has 1 amide bonds. The summed E-state index contributed by atoms with van der Waals surface area (Å²) in [5.41, 5.74) is 0.618. The number of nitrogens with zero attached hydrogens (tertiary/aromatic N) is 1. The van der Waals surface area contributed by atoms with Crippen LogP contribution in [0.15, 0.2) is 42.5 Å². The maximum Gasteiger partial charge on any atom is 0.308 e. The molecule has 0 radical (unpaired) electrons. The fourth-order valence-corrected chi connectivity index (χ4v) is 2.96. The third-order valence-electron chi connectivity index (χ3n) is 4.21. The molecule has 1 saturated heterocycles. The Balaban J connectivity index is 1.86. The van der Waals surface area contributed by atoms with E-state index in [0.717, 1.165) is 10.8 Å². The minimum atomic E-state index is -0.823. The number of rotatable bonds is 2. The van der Waals surface area contributed by atoms with E-state index in [1.54, 1.807) is 4.90 Å². The van der Waals surface area contributed by atoms with Gasteiger partial charge in [-0.2, -0.15) is 0 Å². The number of carbonyl (C=O) groups excluding carboxylic acids is 1. The van der Waals surface area contributed by atoms with Crippen molar-refractivity contribution in [1.82, 2.24) is 4.90 Å². The molecule has 2 aromatic carbocycles. The number of hydrogen-bond acceptors (Lipinski definition) is 2. The van der Waals surface area contributed by atoms with Crippen molar-refractivity contribution in [3.8, 4) is 0 Å². The zero-order chi connectivity index (χ0) is 15.0. The summed E-state index contributed by atoms with van der Waals surface area (Å²) in [6.07, 6.45) is 0. The Morgan fingerprint density at radius 3 is 2.48 bits per heavy atom. The van der Waals surface area contributed by atoms with Gasteiger partial charge in [-0.3, -0.25) is 9.59 Å². The van der Waals surface area contributed by atoms with Crippen LogP contribution in [0.25, 0.3) is 10.8 Å². The Kier molecular flexibility index (Phi) is 3.37. The van der Waals surface area contributed by atoms with E-state index in [1.165, 1.54) is 0 Å². The number of carbonyl (C=O) groups is 2. The molecule has 0 aromatic heterocycles. The van der Waals surface area contributed by atoms with Gasteiger partial charge in [0.2, 0.25) is 0 Å². The standard InChI is InChI=1S/C17H17NO3/c1-11-9-18(10-15(11)17(20)21)16(19)14-7-6-12-4-2-3-5-13(12)8-14/h2-8,11,15H,9-10H2,1H3,(H,20,21)/t11-,15-/m1/s1. The Morgan fingerprint density at radius 1 is 1.10 bits per heavy atom. The summed E-state index contributed by atoms with van der Waals surface area (Å²) < 4.78 is 0. The number of carboxylic acids is 1. The average molecular weight is 283 g/mol. The van der Waals surface area contributed by atoms with Gasteiger partial charge in [-0.15, -0.1) is 0 Å². The van der Waals surface area contributed by atoms with Crippen molar-refractivity contribution >= 4 is 22.6 Å². The van der Waals surface area contributed by atoms with Crippen LogP contribution in [-0.4, -0.2) is 35.0 Å². The number of aliphatic carboxylic acids is 1. The molecule has 21 heavy (non-hydrogen) atoms. The van der Waals surface area contributed by atoms with Gasteiger partial charge in [0.25, 0.3) is 5.91 Å². The van der Waals surface area contributed by atoms with Crippen LogP contribution in [-0.2, 0) is 4.79 Å². The SMILES string of the molecule is C[C@@H]1CN(C(=O)c2ccc3ccccc3c2)C[C@H]1C(=O)O. The van der Waals surface area contributed by atoms with Crippen molar-refractivity contribution in [1.29, 1.82) is 0 Å². The van der Waals surface area contributed by atoms with Crippen LogP contribution >= 0.6 is 0 Å². The lowest BCUT2D eigenvalue weighted by Crippen LogP contribution is -2.29. The molecule has 1 N–H and O–H groups in total. The van der Waals surface area contributed by atoms with Gasteiger partial charge in [-0.05, 0) is 28.8 Å². The smallest absolute Gasteiger partial charge is 0.308 e. The van der Waals surface area contributed by atoms with Crippen molar-refractivity contribution < 1.29 is 14.7 Å². The van der Waals surface area contributed by atoms with Gasteiger partial charge >= 0.3 is 5.97 Å². The van der Waals surface area contributed by atoms with Gasteiger partial charge in [-0.1, -0.05) is 37.3 Å². The summed E-state index contributed by atoms with van der Waals surface area (Å²) in [6.45, 7) is 2.68. The van der Waals surface area contributed by atoms with Crippen LogP contribution in [0.5, 0.6) is 0 Å². The lowest BCUT2D eigenvalue weighted by Gasteiger charge is -2.16. The molecule has 1 aliphatic rings. The van der Waals surface area contributed by atoms with E-state index in [2.05, 4.69) is 0 Å². The maximum absolute atomic E-state index is 12.5. The number of likely N-dealkylation sites (tertiary alicyclic amines) is 1. The lowest BCUT2D eigenvalue weighted by molar-refractivity contribution is -0.142. The highest BCUT2D eigenvalue weighted by Crippen LogP contribution is 2.25. The highest BCUT2D eigenvalue weighted by molar-refractivity contribution is 5.99. The molecule has 0 saturated carbocycles. The third kappa shape index (κ3) is 2.49. The first-order valence-corrected chi connectivity index (χ1v) is 7.07. The lowest BCUT2D eigenvalue weighted by atomic mass is 9.99. The van der Waals surface area contributed by atoms with E-state index < -0.39 is 11.9 Å². The summed E-state index contributed by atoms with van der Waals surface area (Å²) in [7, 11) is 0. The van der Waals surface area contributed by atoms with Gasteiger partial charge < -0.3 is 10.0 Å². The zero-order valence-electron chi connectivity index (χ0n) is 11.8. The molecule has 4 heteroatoms. The summed E-state index contributed by atoms with van der Waals surface area (Å²) in [5.74, 6) is -1.38. The topological polar surface area (TPSA) is 57.6 Å². The first-order valence-electron chi connectivity index (χ1n) is 7.07. The van der Waals surface area contributed by atoms with E-state index in [4.69, 9.17) is 5.11 Å². The Morgan fingerprint density at radius 2 is 1.81 bits per heavy atom. The molecule has 0 unspecified atom stereocenters. The highest BCUT2D eigenvalue weighted by atomic mass is 16.4. The molecule has 2 aromatic rings. The monoisotopic (exact) mass is 283 g/mol. The van der Waals surface area contributed by atoms with E-state index >= 15 is 0 Å². The molecular formula is C17H17NO3. The van der Waals surface area contributed by atoms with Crippen LogP contribution in [0.3, 0.4) is 0 Å². The van der Waals surface area contributed by atoms with E-state index in [9.17, 15) is 9.59 Å². The fourth-order valence-electron chi connectivity index (χ4n) is 2.96. The van der Waals surface area contributed by atoms with Crippen LogP contribution in [0, 0.1) is 11.8 Å². The molecule has 3 rings (SSSR count). The van der Waals surface area contributed by atoms with Crippen LogP contribution in [0.2, 0.25) is 0 Å². The first-order chi connectivity index (χ1) is 10.1. The summed E-state index contributed by atoms with van der Waals surface area (Å²) in [6, 6.07) is 13.5. The van der Waals surface area contributed by atoms with Crippen molar-refractivity contribution in [3.63, 3.8) is 0 Å². The largest absolute Gasteiger partial charge is 0.481 e. The molecule has 4 nitrogen and oxygen atoms in total. The second kappa shape index (κ2) is 5.20. The Hall–Kier alpha value is -2.36. The van der Waals surface area contributed by atoms with Gasteiger partial charge in [-0.25, -0.2) is 0 Å². The Bertz CT molecular complexity index is 710. The van der Waals surface area contributed by atoms with Crippen LogP contribution < -0.4 is 0 Å². The molecule has 0 aliphatic carbocycles. The van der Waals surface area contributed by atoms with E-state index in [0.29, 0.717) is 18.7 Å².